The minimum atomic E-state index is -0.0772. The fraction of sp³-hybridized carbons (Fsp3) is 0.500. The fourth-order valence-corrected chi connectivity index (χ4v) is 3.17. The zero-order chi connectivity index (χ0) is 13.0. The van der Waals surface area contributed by atoms with Crippen molar-refractivity contribution in [3.8, 4) is 0 Å². The molecule has 1 aliphatic heterocycles. The summed E-state index contributed by atoms with van der Waals surface area (Å²) in [5.74, 6) is 0. The van der Waals surface area contributed by atoms with E-state index in [9.17, 15) is 0 Å². The van der Waals surface area contributed by atoms with Gasteiger partial charge in [0.2, 0.25) is 0 Å². The van der Waals surface area contributed by atoms with Crippen LogP contribution in [0.4, 0.5) is 0 Å². The number of benzene rings is 1. The Balaban J connectivity index is 1.92. The van der Waals surface area contributed by atoms with Gasteiger partial charge < -0.3 is 10.1 Å². The topological polar surface area (TPSA) is 33.6 Å². The first kappa shape index (κ1) is 13.4. The number of nitrogens with zero attached hydrogens (tertiary/aromatic N) is 1. The molecule has 98 valence electrons. The molecule has 0 saturated heterocycles. The average Bonchev–Trinajstić information content (AvgIpc) is 2.77. The van der Waals surface area contributed by atoms with Crippen LogP contribution in [0, 0.1) is 0 Å². The third-order valence-corrected chi connectivity index (χ3v) is 3.94. The van der Waals surface area contributed by atoms with Gasteiger partial charge in [-0.15, -0.1) is 0 Å². The number of rotatable bonds is 4. The largest absolute Gasteiger partial charge is 0.382 e. The lowest BCUT2D eigenvalue weighted by molar-refractivity contribution is 0.140. The Bertz CT molecular complexity index is 417. The standard InChI is InChI=1S/C14H20N2OS/c1-14(2,10-17-3)16-13-15-9-12(18-13)11-7-5-4-6-8-11/h4-8,12H,9-10H2,1-3H3,(H,15,16). The molecule has 1 heterocycles. The van der Waals surface area contributed by atoms with Gasteiger partial charge in [0, 0.05) is 7.11 Å². The van der Waals surface area contributed by atoms with Gasteiger partial charge in [-0.3, -0.25) is 4.99 Å². The maximum absolute atomic E-state index is 5.20. The summed E-state index contributed by atoms with van der Waals surface area (Å²) in [4.78, 5) is 4.57. The second-order valence-electron chi connectivity index (χ2n) is 5.10. The number of methoxy groups -OCH3 is 1. The van der Waals surface area contributed by atoms with Gasteiger partial charge in [0.15, 0.2) is 5.17 Å². The number of thioether (sulfide) groups is 1. The van der Waals surface area contributed by atoms with E-state index in [1.165, 1.54) is 5.56 Å². The van der Waals surface area contributed by atoms with Crippen molar-refractivity contribution in [1.29, 1.82) is 0 Å². The van der Waals surface area contributed by atoms with Gasteiger partial charge in [-0.05, 0) is 19.4 Å². The van der Waals surface area contributed by atoms with Crippen molar-refractivity contribution in [1.82, 2.24) is 5.32 Å². The third kappa shape index (κ3) is 3.50. The van der Waals surface area contributed by atoms with Crippen LogP contribution in [0.1, 0.15) is 24.7 Å². The lowest BCUT2D eigenvalue weighted by Crippen LogP contribution is -2.45. The van der Waals surface area contributed by atoms with Gasteiger partial charge in [-0.25, -0.2) is 0 Å². The van der Waals surface area contributed by atoms with Crippen LogP contribution in [0.5, 0.6) is 0 Å². The second kappa shape index (κ2) is 5.76. The molecule has 1 N–H and O–H groups in total. The zero-order valence-electron chi connectivity index (χ0n) is 11.1. The van der Waals surface area contributed by atoms with Crippen LogP contribution < -0.4 is 5.32 Å². The molecule has 0 fully saturated rings. The molecule has 1 atom stereocenters. The number of ether oxygens (including phenoxy) is 1. The molecule has 4 heteroatoms. The van der Waals surface area contributed by atoms with Crippen LogP contribution in [-0.4, -0.2) is 31.0 Å². The Kier molecular flexibility index (Phi) is 4.30. The minimum Gasteiger partial charge on any atom is -0.382 e. The molecule has 0 aliphatic carbocycles. The van der Waals surface area contributed by atoms with Crippen LogP contribution in [0.25, 0.3) is 0 Å². The highest BCUT2D eigenvalue weighted by Crippen LogP contribution is 2.34. The molecule has 0 saturated carbocycles. The molecule has 0 bridgehead atoms. The summed E-state index contributed by atoms with van der Waals surface area (Å²) in [6.45, 7) is 5.76. The summed E-state index contributed by atoms with van der Waals surface area (Å²) in [6.07, 6.45) is 0. The first-order valence-electron chi connectivity index (χ1n) is 6.14. The summed E-state index contributed by atoms with van der Waals surface area (Å²) in [5, 5.41) is 4.90. The SMILES string of the molecule is COCC(C)(C)NC1=NCC(c2ccccc2)S1. The monoisotopic (exact) mass is 264 g/mol. The summed E-state index contributed by atoms with van der Waals surface area (Å²) in [5.41, 5.74) is 1.26. The van der Waals surface area contributed by atoms with Gasteiger partial charge in [-0.1, -0.05) is 42.1 Å². The normalized spacial score (nSPS) is 19.7. The second-order valence-corrected chi connectivity index (χ2v) is 6.30. The number of hydrogen-bond donors (Lipinski definition) is 1. The highest BCUT2D eigenvalue weighted by molar-refractivity contribution is 8.14. The van der Waals surface area contributed by atoms with Crippen molar-refractivity contribution in [2.45, 2.75) is 24.6 Å². The van der Waals surface area contributed by atoms with E-state index in [-0.39, 0.29) is 5.54 Å². The van der Waals surface area contributed by atoms with Crippen molar-refractivity contribution in [2.24, 2.45) is 4.99 Å². The van der Waals surface area contributed by atoms with Crippen LogP contribution in [-0.2, 0) is 4.74 Å². The molecule has 1 aromatic rings. The molecule has 0 aromatic heterocycles. The van der Waals surface area contributed by atoms with Crippen LogP contribution in [0.15, 0.2) is 35.3 Å². The molecular weight excluding hydrogens is 244 g/mol. The van der Waals surface area contributed by atoms with Crippen molar-refractivity contribution < 1.29 is 4.74 Å². The van der Waals surface area contributed by atoms with E-state index >= 15 is 0 Å². The van der Waals surface area contributed by atoms with E-state index in [2.05, 4.69) is 48.4 Å². The summed E-state index contributed by atoms with van der Waals surface area (Å²) in [7, 11) is 1.72. The predicted molar refractivity (Wildman–Crippen MR) is 78.2 cm³/mol. The van der Waals surface area contributed by atoms with E-state index in [4.69, 9.17) is 4.74 Å². The zero-order valence-corrected chi connectivity index (χ0v) is 12.0. The first-order valence-corrected chi connectivity index (χ1v) is 7.02. The Morgan fingerprint density at radius 2 is 2.11 bits per heavy atom. The molecule has 1 aliphatic rings. The number of nitrogens with one attached hydrogen (secondary N) is 1. The molecule has 2 rings (SSSR count). The van der Waals surface area contributed by atoms with Gasteiger partial charge in [0.25, 0.3) is 0 Å². The number of amidine groups is 1. The Morgan fingerprint density at radius 3 is 2.78 bits per heavy atom. The van der Waals surface area contributed by atoms with E-state index < -0.39 is 0 Å². The molecule has 0 radical (unpaired) electrons. The van der Waals surface area contributed by atoms with Crippen molar-refractivity contribution in [2.75, 3.05) is 20.3 Å². The summed E-state index contributed by atoms with van der Waals surface area (Å²) in [6, 6.07) is 10.5. The predicted octanol–water partition coefficient (Wildman–Crippen LogP) is 2.85. The third-order valence-electron chi connectivity index (χ3n) is 2.78. The smallest absolute Gasteiger partial charge is 0.157 e. The first-order chi connectivity index (χ1) is 8.61. The van der Waals surface area contributed by atoms with E-state index in [0.717, 1.165) is 11.7 Å². The van der Waals surface area contributed by atoms with Gasteiger partial charge in [-0.2, -0.15) is 0 Å². The fourth-order valence-electron chi connectivity index (χ4n) is 1.97. The van der Waals surface area contributed by atoms with Crippen LogP contribution in [0.2, 0.25) is 0 Å². The quantitative estimate of drug-likeness (QED) is 0.908. The molecule has 0 spiro atoms. The van der Waals surface area contributed by atoms with Crippen molar-refractivity contribution in [3.05, 3.63) is 35.9 Å². The molecule has 0 amide bonds. The average molecular weight is 264 g/mol. The van der Waals surface area contributed by atoms with E-state index in [1.807, 2.05) is 6.07 Å². The Labute approximate surface area is 113 Å². The van der Waals surface area contributed by atoms with E-state index in [0.29, 0.717) is 11.9 Å². The van der Waals surface area contributed by atoms with Crippen LogP contribution >= 0.6 is 11.8 Å². The Morgan fingerprint density at radius 1 is 1.39 bits per heavy atom. The van der Waals surface area contributed by atoms with Gasteiger partial charge >= 0.3 is 0 Å². The van der Waals surface area contributed by atoms with Crippen LogP contribution in [0.3, 0.4) is 0 Å². The lowest BCUT2D eigenvalue weighted by Gasteiger charge is -2.26. The molecule has 1 unspecified atom stereocenters. The molecule has 1 aromatic carbocycles. The van der Waals surface area contributed by atoms with Gasteiger partial charge in [0.05, 0.1) is 23.9 Å². The lowest BCUT2D eigenvalue weighted by atomic mass is 10.1. The van der Waals surface area contributed by atoms with E-state index in [1.54, 1.807) is 18.9 Å². The van der Waals surface area contributed by atoms with Crippen molar-refractivity contribution >= 4 is 16.9 Å². The summed E-state index contributed by atoms with van der Waals surface area (Å²) < 4.78 is 5.20. The number of hydrogen-bond acceptors (Lipinski definition) is 4. The summed E-state index contributed by atoms with van der Waals surface area (Å²) >= 11 is 1.80. The highest BCUT2D eigenvalue weighted by Gasteiger charge is 2.26. The molecular formula is C14H20N2OS. The maximum Gasteiger partial charge on any atom is 0.157 e. The molecule has 18 heavy (non-hydrogen) atoms. The Hall–Kier alpha value is -1.00. The van der Waals surface area contributed by atoms with Crippen molar-refractivity contribution in [3.63, 3.8) is 0 Å². The highest BCUT2D eigenvalue weighted by atomic mass is 32.2. The minimum absolute atomic E-state index is 0.0772. The molecule has 3 nitrogen and oxygen atoms in total. The van der Waals surface area contributed by atoms with Gasteiger partial charge in [0.1, 0.15) is 0 Å². The number of aliphatic imine (C=N–C) groups is 1. The maximum atomic E-state index is 5.20.